The summed E-state index contributed by atoms with van der Waals surface area (Å²) in [7, 11) is 0. The largest absolute Gasteiger partial charge is 0.384 e. The van der Waals surface area contributed by atoms with Crippen LogP contribution in [0.1, 0.15) is 58.4 Å². The van der Waals surface area contributed by atoms with E-state index in [1.54, 1.807) is 6.08 Å². The van der Waals surface area contributed by atoms with Crippen molar-refractivity contribution < 1.29 is 0 Å². The van der Waals surface area contributed by atoms with Gasteiger partial charge in [0.25, 0.3) is 0 Å². The molecular formula is C18H29N3S. The number of rotatable bonds is 10. The number of hydrogen-bond acceptors (Lipinski definition) is 4. The van der Waals surface area contributed by atoms with Crippen molar-refractivity contribution in [1.82, 2.24) is 5.43 Å². The molecule has 0 spiro atoms. The lowest BCUT2D eigenvalue weighted by atomic mass is 10.1. The van der Waals surface area contributed by atoms with E-state index in [0.29, 0.717) is 5.82 Å². The summed E-state index contributed by atoms with van der Waals surface area (Å²) in [6.07, 6.45) is 8.49. The van der Waals surface area contributed by atoms with Crippen molar-refractivity contribution in [1.29, 1.82) is 0 Å². The molecule has 0 aliphatic rings. The van der Waals surface area contributed by atoms with Gasteiger partial charge < -0.3 is 5.73 Å². The fourth-order valence-corrected chi connectivity index (χ4v) is 2.88. The SMILES string of the molecule is C/C=C(\N)N/N=C(\C)c1ccc(SCCCCCCC)cc1. The zero-order valence-corrected chi connectivity index (χ0v) is 14.9. The van der Waals surface area contributed by atoms with Gasteiger partial charge in [-0.2, -0.15) is 5.10 Å². The lowest BCUT2D eigenvalue weighted by molar-refractivity contribution is 0.659. The summed E-state index contributed by atoms with van der Waals surface area (Å²) in [5.74, 6) is 1.77. The van der Waals surface area contributed by atoms with E-state index in [1.165, 1.54) is 42.8 Å². The first kappa shape index (κ1) is 18.6. The van der Waals surface area contributed by atoms with Crippen LogP contribution in [0.3, 0.4) is 0 Å². The summed E-state index contributed by atoms with van der Waals surface area (Å²) in [4.78, 5) is 1.33. The molecule has 1 rings (SSSR count). The van der Waals surface area contributed by atoms with E-state index < -0.39 is 0 Å². The average molecular weight is 320 g/mol. The fourth-order valence-electron chi connectivity index (χ4n) is 1.97. The summed E-state index contributed by atoms with van der Waals surface area (Å²) in [6, 6.07) is 8.58. The number of nitrogens with one attached hydrogen (secondary N) is 1. The van der Waals surface area contributed by atoms with Gasteiger partial charge in [0, 0.05) is 4.90 Å². The molecule has 0 aliphatic heterocycles. The third kappa shape index (κ3) is 7.55. The Labute approximate surface area is 139 Å². The topological polar surface area (TPSA) is 50.4 Å². The van der Waals surface area contributed by atoms with Crippen molar-refractivity contribution in [2.75, 3.05) is 5.75 Å². The van der Waals surface area contributed by atoms with Gasteiger partial charge in [-0.3, -0.25) is 5.43 Å². The highest BCUT2D eigenvalue weighted by atomic mass is 32.2. The van der Waals surface area contributed by atoms with E-state index in [0.717, 1.165) is 11.3 Å². The lowest BCUT2D eigenvalue weighted by Gasteiger charge is -2.05. The normalized spacial score (nSPS) is 12.5. The van der Waals surface area contributed by atoms with Crippen LogP contribution in [0.15, 0.2) is 46.2 Å². The quantitative estimate of drug-likeness (QED) is 0.279. The van der Waals surface area contributed by atoms with Crippen LogP contribution < -0.4 is 11.2 Å². The molecule has 3 nitrogen and oxygen atoms in total. The van der Waals surface area contributed by atoms with Gasteiger partial charge in [-0.15, -0.1) is 11.8 Å². The number of allylic oxidation sites excluding steroid dienone is 1. The molecule has 1 aromatic carbocycles. The van der Waals surface area contributed by atoms with Crippen molar-refractivity contribution in [2.45, 2.75) is 57.8 Å². The van der Waals surface area contributed by atoms with Crippen LogP contribution in [0.25, 0.3) is 0 Å². The van der Waals surface area contributed by atoms with Crippen LogP contribution in [-0.4, -0.2) is 11.5 Å². The number of unbranched alkanes of at least 4 members (excludes halogenated alkanes) is 4. The summed E-state index contributed by atoms with van der Waals surface area (Å²) in [5, 5.41) is 4.27. The molecule has 0 heterocycles. The fraction of sp³-hybridized carbons (Fsp3) is 0.500. The van der Waals surface area contributed by atoms with Crippen molar-refractivity contribution in [3.05, 3.63) is 41.7 Å². The molecule has 0 radical (unpaired) electrons. The second kappa shape index (κ2) is 11.2. The molecule has 0 unspecified atom stereocenters. The molecule has 0 atom stereocenters. The molecule has 122 valence electrons. The zero-order valence-electron chi connectivity index (χ0n) is 14.1. The third-order valence-electron chi connectivity index (χ3n) is 3.45. The van der Waals surface area contributed by atoms with Crippen molar-refractivity contribution in [3.8, 4) is 0 Å². The first-order chi connectivity index (χ1) is 10.7. The van der Waals surface area contributed by atoms with Crippen molar-refractivity contribution >= 4 is 17.5 Å². The smallest absolute Gasteiger partial charge is 0.112 e. The Bertz CT molecular complexity index is 478. The molecule has 4 heteroatoms. The maximum Gasteiger partial charge on any atom is 0.112 e. The maximum atomic E-state index is 5.66. The zero-order chi connectivity index (χ0) is 16.2. The number of hydrogen-bond donors (Lipinski definition) is 2. The number of thioether (sulfide) groups is 1. The number of hydrazone groups is 1. The molecule has 0 aromatic heterocycles. The molecule has 1 aromatic rings. The number of nitrogens with two attached hydrogens (primary N) is 1. The van der Waals surface area contributed by atoms with Gasteiger partial charge in [-0.1, -0.05) is 44.7 Å². The van der Waals surface area contributed by atoms with Gasteiger partial charge in [0.05, 0.1) is 5.71 Å². The molecule has 22 heavy (non-hydrogen) atoms. The third-order valence-corrected chi connectivity index (χ3v) is 4.55. The molecule has 0 amide bonds. The van der Waals surface area contributed by atoms with Gasteiger partial charge in [0.15, 0.2) is 0 Å². The predicted molar refractivity (Wildman–Crippen MR) is 99.2 cm³/mol. The predicted octanol–water partition coefficient (Wildman–Crippen LogP) is 4.88. The molecule has 0 aliphatic carbocycles. The first-order valence-corrected chi connectivity index (χ1v) is 9.11. The van der Waals surface area contributed by atoms with Crippen molar-refractivity contribution in [3.63, 3.8) is 0 Å². The number of nitrogens with zero attached hydrogens (tertiary/aromatic N) is 1. The average Bonchev–Trinajstić information content (AvgIpc) is 2.56. The minimum atomic E-state index is 0.564. The monoisotopic (exact) mass is 319 g/mol. The molecular weight excluding hydrogens is 290 g/mol. The Morgan fingerprint density at radius 1 is 1.18 bits per heavy atom. The highest BCUT2D eigenvalue weighted by Crippen LogP contribution is 2.20. The van der Waals surface area contributed by atoms with Crippen LogP contribution in [0.2, 0.25) is 0 Å². The number of benzene rings is 1. The first-order valence-electron chi connectivity index (χ1n) is 8.12. The standard InChI is InChI=1S/C18H29N3S/c1-4-6-7-8-9-14-22-17-12-10-16(11-13-17)15(3)20-21-18(19)5-2/h5,10-13,21H,4,6-9,14,19H2,1-3H3/b18-5+,20-15+. The van der Waals surface area contributed by atoms with E-state index in [2.05, 4.69) is 41.7 Å². The van der Waals surface area contributed by atoms with Gasteiger partial charge in [-0.05, 0) is 49.8 Å². The Kier molecular flexibility index (Phi) is 9.47. The second-order valence-corrected chi connectivity index (χ2v) is 6.51. The minimum absolute atomic E-state index is 0.564. The molecule has 0 saturated heterocycles. The highest BCUT2D eigenvalue weighted by Gasteiger charge is 1.99. The summed E-state index contributed by atoms with van der Waals surface area (Å²) >= 11 is 1.94. The van der Waals surface area contributed by atoms with Gasteiger partial charge in [0.2, 0.25) is 0 Å². The van der Waals surface area contributed by atoms with E-state index in [4.69, 9.17) is 5.73 Å². The Balaban J connectivity index is 2.39. The van der Waals surface area contributed by atoms with E-state index in [-0.39, 0.29) is 0 Å². The molecule has 3 N–H and O–H groups in total. The van der Waals surface area contributed by atoms with Crippen LogP contribution in [0.4, 0.5) is 0 Å². The van der Waals surface area contributed by atoms with Crippen LogP contribution in [-0.2, 0) is 0 Å². The molecule has 0 fully saturated rings. The Hall–Kier alpha value is -1.42. The maximum absolute atomic E-state index is 5.66. The summed E-state index contributed by atoms with van der Waals surface area (Å²) in [6.45, 7) is 6.11. The molecule has 0 saturated carbocycles. The van der Waals surface area contributed by atoms with Crippen LogP contribution >= 0.6 is 11.8 Å². The second-order valence-electron chi connectivity index (χ2n) is 5.34. The van der Waals surface area contributed by atoms with Crippen molar-refractivity contribution in [2.24, 2.45) is 10.8 Å². The van der Waals surface area contributed by atoms with Crippen LogP contribution in [0.5, 0.6) is 0 Å². The lowest BCUT2D eigenvalue weighted by Crippen LogP contribution is -2.15. The Morgan fingerprint density at radius 2 is 1.86 bits per heavy atom. The molecule has 0 bridgehead atoms. The van der Waals surface area contributed by atoms with E-state index in [1.807, 2.05) is 25.6 Å². The summed E-state index contributed by atoms with van der Waals surface area (Å²) in [5.41, 5.74) is 10.5. The van der Waals surface area contributed by atoms with E-state index >= 15 is 0 Å². The Morgan fingerprint density at radius 3 is 2.50 bits per heavy atom. The summed E-state index contributed by atoms with van der Waals surface area (Å²) < 4.78 is 0. The van der Waals surface area contributed by atoms with Gasteiger partial charge in [0.1, 0.15) is 5.82 Å². The van der Waals surface area contributed by atoms with Crippen LogP contribution in [0, 0.1) is 0 Å². The van der Waals surface area contributed by atoms with Gasteiger partial charge >= 0.3 is 0 Å². The van der Waals surface area contributed by atoms with Gasteiger partial charge in [-0.25, -0.2) is 0 Å². The minimum Gasteiger partial charge on any atom is -0.384 e. The van der Waals surface area contributed by atoms with E-state index in [9.17, 15) is 0 Å². The highest BCUT2D eigenvalue weighted by molar-refractivity contribution is 7.99.